The van der Waals surface area contributed by atoms with Gasteiger partial charge in [0, 0.05) is 42.0 Å². The van der Waals surface area contributed by atoms with Crippen LogP contribution in [0.4, 0.5) is 10.9 Å². The number of pyridine rings is 1. The number of amides is 1. The lowest BCUT2D eigenvalue weighted by molar-refractivity contribution is -0.151. The lowest BCUT2D eigenvalue weighted by Gasteiger charge is -2.65. The van der Waals surface area contributed by atoms with Gasteiger partial charge in [-0.25, -0.2) is 14.8 Å². The second-order valence-corrected chi connectivity index (χ2v) is 19.6. The van der Waals surface area contributed by atoms with Crippen molar-refractivity contribution in [1.29, 1.82) is 0 Å². The second kappa shape index (κ2) is 12.5. The number of nitrogens with zero attached hydrogens (tertiary/aromatic N) is 5. The van der Waals surface area contributed by atoms with Crippen LogP contribution >= 0.6 is 11.3 Å². The number of nitrogens with one attached hydrogen (secondary N) is 1. The van der Waals surface area contributed by atoms with Crippen molar-refractivity contribution in [3.05, 3.63) is 88.9 Å². The number of carbonyl (C=O) groups is 2. The normalized spacial score (nSPS) is 25.9. The molecule has 3 aromatic heterocycles. The molecule has 1 N–H and O–H groups in total. The summed E-state index contributed by atoms with van der Waals surface area (Å²) in [6.07, 6.45) is 10.6. The summed E-state index contributed by atoms with van der Waals surface area (Å²) in [5, 5.41) is 8.60. The number of anilines is 2. The first-order chi connectivity index (χ1) is 25.7. The van der Waals surface area contributed by atoms with Crippen LogP contribution in [0.3, 0.4) is 0 Å². The van der Waals surface area contributed by atoms with Gasteiger partial charge >= 0.3 is 5.97 Å². The third kappa shape index (κ3) is 6.40. The summed E-state index contributed by atoms with van der Waals surface area (Å²) >= 11 is 1.47. The standard InChI is InChI=1S/C44H50N6O3S/c1-27-32(21-45-50(27)26-44-20-28-18-42(5,24-44)23-43(6,19-28)25-44)30-14-15-36(47-37(30)39(52)53-41(2,3)4)49-17-16-29-10-9-11-31(33(29)22-49)38(51)48-40-46-34-12-7-8-13-35(34)54-40/h7-15,21,28H,16-20,22-26H2,1-6H3,(H,46,48,51). The number of ether oxygens (including phenoxy) is 1. The fourth-order valence-electron chi connectivity index (χ4n) is 11.5. The summed E-state index contributed by atoms with van der Waals surface area (Å²) in [7, 11) is 0. The van der Waals surface area contributed by atoms with Crippen LogP contribution in [-0.4, -0.2) is 43.8 Å². The number of aromatic nitrogens is 4. The van der Waals surface area contributed by atoms with Crippen molar-refractivity contribution >= 4 is 44.4 Å². The van der Waals surface area contributed by atoms with Gasteiger partial charge in [0.05, 0.1) is 16.4 Å². The zero-order valence-electron chi connectivity index (χ0n) is 32.3. The first kappa shape index (κ1) is 35.2. The summed E-state index contributed by atoms with van der Waals surface area (Å²) in [5.74, 6) is 0.844. The number of esters is 1. The Morgan fingerprint density at radius 2 is 1.72 bits per heavy atom. The molecule has 5 aromatic rings. The SMILES string of the molecule is Cc1c(-c2ccc(N3CCc4cccc(C(=O)Nc5nc6ccccc6s5)c4C3)nc2C(=O)OC(C)(C)C)cnn1CC12CC3CC(C)(CC(C)(C3)C1)C2. The molecule has 5 aliphatic rings. The van der Waals surface area contributed by atoms with Crippen molar-refractivity contribution in [3.63, 3.8) is 0 Å². The minimum absolute atomic E-state index is 0.185. The van der Waals surface area contributed by atoms with Gasteiger partial charge in [-0.05, 0) is 136 Å². The zero-order valence-corrected chi connectivity index (χ0v) is 33.1. The highest BCUT2D eigenvalue weighted by Gasteiger charge is 2.60. The van der Waals surface area contributed by atoms with Crippen molar-refractivity contribution in [2.24, 2.45) is 22.2 Å². The largest absolute Gasteiger partial charge is 0.455 e. The molecular weight excluding hydrogens is 693 g/mol. The summed E-state index contributed by atoms with van der Waals surface area (Å²) in [4.78, 5) is 39.5. The summed E-state index contributed by atoms with van der Waals surface area (Å²) in [5.41, 5.74) is 6.98. The van der Waals surface area contributed by atoms with E-state index in [1.54, 1.807) is 0 Å². The van der Waals surface area contributed by atoms with Crippen LogP contribution in [0.25, 0.3) is 21.3 Å². The number of rotatable bonds is 7. The maximum atomic E-state index is 14.0. The fourth-order valence-corrected chi connectivity index (χ4v) is 12.3. The third-order valence-corrected chi connectivity index (χ3v) is 13.4. The molecule has 4 saturated carbocycles. The molecule has 10 heteroatoms. The molecule has 10 rings (SSSR count). The molecule has 4 aliphatic carbocycles. The zero-order chi connectivity index (χ0) is 37.6. The number of carbonyl (C=O) groups excluding carboxylic acids is 2. The molecule has 4 heterocycles. The molecular formula is C44H50N6O3S. The average Bonchev–Trinajstić information content (AvgIpc) is 3.66. The molecule has 4 fully saturated rings. The van der Waals surface area contributed by atoms with E-state index in [1.165, 1.54) is 49.9 Å². The van der Waals surface area contributed by atoms with E-state index in [1.807, 2.05) is 75.5 Å². The van der Waals surface area contributed by atoms with Crippen molar-refractivity contribution in [2.45, 2.75) is 105 Å². The molecule has 1 aliphatic heterocycles. The topological polar surface area (TPSA) is 102 Å². The molecule has 2 aromatic carbocycles. The van der Waals surface area contributed by atoms with E-state index >= 15 is 0 Å². The minimum atomic E-state index is -0.689. The first-order valence-corrected chi connectivity index (χ1v) is 20.3. The lowest BCUT2D eigenvalue weighted by Crippen LogP contribution is -2.56. The molecule has 4 bridgehead atoms. The maximum Gasteiger partial charge on any atom is 0.358 e. The Labute approximate surface area is 321 Å². The number of thiazole rings is 1. The van der Waals surface area contributed by atoms with E-state index < -0.39 is 11.6 Å². The van der Waals surface area contributed by atoms with Crippen LogP contribution in [0.5, 0.6) is 0 Å². The lowest BCUT2D eigenvalue weighted by atomic mass is 9.40. The van der Waals surface area contributed by atoms with Gasteiger partial charge in [-0.3, -0.25) is 14.8 Å². The highest BCUT2D eigenvalue weighted by molar-refractivity contribution is 7.22. The first-order valence-electron chi connectivity index (χ1n) is 19.5. The maximum absolute atomic E-state index is 14.0. The molecule has 9 nitrogen and oxygen atoms in total. The van der Waals surface area contributed by atoms with Crippen LogP contribution in [0.2, 0.25) is 0 Å². The van der Waals surface area contributed by atoms with Crippen LogP contribution in [0, 0.1) is 29.1 Å². The Morgan fingerprint density at radius 3 is 2.46 bits per heavy atom. The average molecular weight is 743 g/mol. The monoisotopic (exact) mass is 742 g/mol. The minimum Gasteiger partial charge on any atom is -0.455 e. The van der Waals surface area contributed by atoms with E-state index in [0.29, 0.717) is 40.4 Å². The second-order valence-electron chi connectivity index (χ2n) is 18.6. The Hall–Kier alpha value is -4.57. The van der Waals surface area contributed by atoms with E-state index in [2.05, 4.69) is 46.7 Å². The predicted molar refractivity (Wildman–Crippen MR) is 214 cm³/mol. The highest BCUT2D eigenvalue weighted by atomic mass is 32.1. The molecule has 1 amide bonds. The summed E-state index contributed by atoms with van der Waals surface area (Å²) in [6.45, 7) is 14.9. The fraction of sp³-hybridized carbons (Fsp3) is 0.477. The number of para-hydroxylation sites is 1. The van der Waals surface area contributed by atoms with Gasteiger partial charge in [0.2, 0.25) is 0 Å². The molecule has 0 radical (unpaired) electrons. The van der Waals surface area contributed by atoms with Crippen LogP contribution in [0.1, 0.15) is 111 Å². The third-order valence-electron chi connectivity index (χ3n) is 12.4. The van der Waals surface area contributed by atoms with Crippen LogP contribution < -0.4 is 10.2 Å². The Balaban J connectivity index is 1.01. The molecule has 2 atom stereocenters. The Morgan fingerprint density at radius 1 is 0.944 bits per heavy atom. The van der Waals surface area contributed by atoms with Gasteiger partial charge in [-0.2, -0.15) is 5.10 Å². The molecule has 280 valence electrons. The van der Waals surface area contributed by atoms with Crippen molar-refractivity contribution in [2.75, 3.05) is 16.8 Å². The van der Waals surface area contributed by atoms with Crippen molar-refractivity contribution in [3.8, 4) is 11.1 Å². The number of benzene rings is 2. The number of fused-ring (bicyclic) bond motifs is 2. The predicted octanol–water partition coefficient (Wildman–Crippen LogP) is 9.63. The number of hydrogen-bond donors (Lipinski definition) is 1. The van der Waals surface area contributed by atoms with E-state index in [9.17, 15) is 9.59 Å². The van der Waals surface area contributed by atoms with Gasteiger partial charge < -0.3 is 9.64 Å². The van der Waals surface area contributed by atoms with Crippen molar-refractivity contribution < 1.29 is 14.3 Å². The van der Waals surface area contributed by atoms with Gasteiger partial charge in [0.15, 0.2) is 10.8 Å². The van der Waals surface area contributed by atoms with E-state index in [0.717, 1.165) is 57.0 Å². The smallest absolute Gasteiger partial charge is 0.358 e. The van der Waals surface area contributed by atoms with Crippen LogP contribution in [0.15, 0.2) is 60.8 Å². The van der Waals surface area contributed by atoms with Gasteiger partial charge in [-0.1, -0.05) is 49.4 Å². The number of hydrogen-bond acceptors (Lipinski definition) is 8. The molecule has 0 saturated heterocycles. The van der Waals surface area contributed by atoms with E-state index in [4.69, 9.17) is 14.8 Å². The Bertz CT molecular complexity index is 2270. The molecule has 0 spiro atoms. The van der Waals surface area contributed by atoms with E-state index in [-0.39, 0.29) is 17.0 Å². The summed E-state index contributed by atoms with van der Waals surface area (Å²) in [6, 6.07) is 17.8. The highest BCUT2D eigenvalue weighted by Crippen LogP contribution is 2.70. The quantitative estimate of drug-likeness (QED) is 0.166. The van der Waals surface area contributed by atoms with Crippen molar-refractivity contribution in [1.82, 2.24) is 19.7 Å². The van der Waals surface area contributed by atoms with Gasteiger partial charge in [-0.15, -0.1) is 0 Å². The Kier molecular flexibility index (Phi) is 8.12. The molecule has 2 unspecified atom stereocenters. The van der Waals surface area contributed by atoms with Gasteiger partial charge in [0.25, 0.3) is 5.91 Å². The van der Waals surface area contributed by atoms with Gasteiger partial charge in [0.1, 0.15) is 11.4 Å². The van der Waals surface area contributed by atoms with Crippen LogP contribution in [-0.2, 0) is 24.2 Å². The molecule has 54 heavy (non-hydrogen) atoms. The summed E-state index contributed by atoms with van der Waals surface area (Å²) < 4.78 is 9.19.